The zero-order chi connectivity index (χ0) is 14.9. The minimum absolute atomic E-state index is 0.127. The molecule has 1 aromatic rings. The molecule has 0 saturated carbocycles. The smallest absolute Gasteiger partial charge is 0.319 e. The molecule has 2 rings (SSSR count). The predicted octanol–water partition coefficient (Wildman–Crippen LogP) is 3.25. The highest BCUT2D eigenvalue weighted by molar-refractivity contribution is 5.89. The van der Waals surface area contributed by atoms with E-state index in [2.05, 4.69) is 27.7 Å². The van der Waals surface area contributed by atoms with Crippen molar-refractivity contribution in [1.29, 1.82) is 0 Å². The van der Waals surface area contributed by atoms with Gasteiger partial charge in [-0.1, -0.05) is 25.5 Å². The molecule has 0 aliphatic carbocycles. The second kappa shape index (κ2) is 8.67. The Balaban J connectivity index is 1.74. The Morgan fingerprint density at radius 3 is 2.52 bits per heavy atom. The quantitative estimate of drug-likeness (QED) is 0.844. The largest absolute Gasteiger partial charge is 0.338 e. The molecule has 0 atom stereocenters. The molecule has 0 spiro atoms. The SMILES string of the molecule is CCCNC(=O)Nc1ccc(CCN2CCCCC2)cc1. The first-order valence-corrected chi connectivity index (χ1v) is 8.14. The van der Waals surface area contributed by atoms with Gasteiger partial charge in [-0.25, -0.2) is 4.79 Å². The number of benzene rings is 1. The lowest BCUT2D eigenvalue weighted by Gasteiger charge is -2.26. The fourth-order valence-electron chi connectivity index (χ4n) is 2.64. The molecule has 0 aromatic heterocycles. The van der Waals surface area contributed by atoms with Gasteiger partial charge in [-0.3, -0.25) is 0 Å². The molecular formula is C17H27N3O. The number of anilines is 1. The Bertz CT molecular complexity index is 424. The summed E-state index contributed by atoms with van der Waals surface area (Å²) in [5.41, 5.74) is 2.19. The summed E-state index contributed by atoms with van der Waals surface area (Å²) in [5.74, 6) is 0. The van der Waals surface area contributed by atoms with Gasteiger partial charge in [0.2, 0.25) is 0 Å². The van der Waals surface area contributed by atoms with Gasteiger partial charge in [-0.2, -0.15) is 0 Å². The molecule has 1 aromatic carbocycles. The molecule has 1 heterocycles. The van der Waals surface area contributed by atoms with Gasteiger partial charge < -0.3 is 15.5 Å². The molecule has 2 N–H and O–H groups in total. The third-order valence-corrected chi connectivity index (χ3v) is 3.91. The summed E-state index contributed by atoms with van der Waals surface area (Å²) in [5, 5.41) is 5.66. The Hall–Kier alpha value is -1.55. The number of nitrogens with one attached hydrogen (secondary N) is 2. The lowest BCUT2D eigenvalue weighted by atomic mass is 10.1. The van der Waals surface area contributed by atoms with Gasteiger partial charge in [0, 0.05) is 18.8 Å². The second-order valence-electron chi connectivity index (χ2n) is 5.73. The van der Waals surface area contributed by atoms with Crippen molar-refractivity contribution < 1.29 is 4.79 Å². The first-order chi connectivity index (χ1) is 10.3. The number of piperidine rings is 1. The monoisotopic (exact) mass is 289 g/mol. The first kappa shape index (κ1) is 15.8. The molecule has 1 aliphatic heterocycles. The molecule has 1 fully saturated rings. The zero-order valence-electron chi connectivity index (χ0n) is 13.0. The predicted molar refractivity (Wildman–Crippen MR) is 87.7 cm³/mol. The van der Waals surface area contributed by atoms with Crippen molar-refractivity contribution in [1.82, 2.24) is 10.2 Å². The number of nitrogens with zero attached hydrogens (tertiary/aromatic N) is 1. The van der Waals surface area contributed by atoms with Crippen molar-refractivity contribution in [3.63, 3.8) is 0 Å². The molecule has 4 nitrogen and oxygen atoms in total. The van der Waals surface area contributed by atoms with Gasteiger partial charge in [-0.05, 0) is 56.5 Å². The van der Waals surface area contributed by atoms with Gasteiger partial charge in [0.25, 0.3) is 0 Å². The van der Waals surface area contributed by atoms with E-state index in [1.54, 1.807) is 0 Å². The molecule has 0 radical (unpaired) electrons. The molecule has 21 heavy (non-hydrogen) atoms. The molecule has 0 bridgehead atoms. The Morgan fingerprint density at radius 1 is 1.14 bits per heavy atom. The van der Waals surface area contributed by atoms with Crippen molar-refractivity contribution in [3.05, 3.63) is 29.8 Å². The number of urea groups is 1. The number of likely N-dealkylation sites (tertiary alicyclic amines) is 1. The summed E-state index contributed by atoms with van der Waals surface area (Å²) >= 11 is 0. The van der Waals surface area contributed by atoms with Gasteiger partial charge in [0.15, 0.2) is 0 Å². The zero-order valence-corrected chi connectivity index (χ0v) is 13.0. The summed E-state index contributed by atoms with van der Waals surface area (Å²) in [6.07, 6.45) is 6.10. The molecule has 116 valence electrons. The lowest BCUT2D eigenvalue weighted by molar-refractivity contribution is 0.231. The van der Waals surface area contributed by atoms with Crippen LogP contribution in [0.25, 0.3) is 0 Å². The minimum Gasteiger partial charge on any atom is -0.338 e. The number of rotatable bonds is 6. The average molecular weight is 289 g/mol. The van der Waals surface area contributed by atoms with Crippen LogP contribution in [-0.2, 0) is 6.42 Å². The van der Waals surface area contributed by atoms with Crippen LogP contribution in [0.2, 0.25) is 0 Å². The van der Waals surface area contributed by atoms with Crippen LogP contribution in [0, 0.1) is 0 Å². The van der Waals surface area contributed by atoms with Crippen LogP contribution in [0.3, 0.4) is 0 Å². The first-order valence-electron chi connectivity index (χ1n) is 8.14. The second-order valence-corrected chi connectivity index (χ2v) is 5.73. The van der Waals surface area contributed by atoms with E-state index in [9.17, 15) is 4.79 Å². The maximum atomic E-state index is 11.6. The highest BCUT2D eigenvalue weighted by Crippen LogP contribution is 2.12. The summed E-state index contributed by atoms with van der Waals surface area (Å²) in [6.45, 7) is 6.38. The lowest BCUT2D eigenvalue weighted by Crippen LogP contribution is -2.31. The molecule has 0 unspecified atom stereocenters. The van der Waals surface area contributed by atoms with E-state index in [0.29, 0.717) is 6.54 Å². The van der Waals surface area contributed by atoms with Gasteiger partial charge >= 0.3 is 6.03 Å². The van der Waals surface area contributed by atoms with E-state index in [4.69, 9.17) is 0 Å². The number of hydrogen-bond donors (Lipinski definition) is 2. The van der Waals surface area contributed by atoms with Crippen LogP contribution in [0.4, 0.5) is 10.5 Å². The topological polar surface area (TPSA) is 44.4 Å². The van der Waals surface area contributed by atoms with Crippen LogP contribution < -0.4 is 10.6 Å². The van der Waals surface area contributed by atoms with Crippen LogP contribution >= 0.6 is 0 Å². The number of amides is 2. The van der Waals surface area contributed by atoms with Gasteiger partial charge in [-0.15, -0.1) is 0 Å². The molecule has 1 saturated heterocycles. The normalized spacial score (nSPS) is 15.7. The van der Waals surface area contributed by atoms with E-state index in [0.717, 1.165) is 25.1 Å². The van der Waals surface area contributed by atoms with Crippen molar-refractivity contribution in [2.75, 3.05) is 31.5 Å². The van der Waals surface area contributed by atoms with Crippen molar-refractivity contribution in [2.24, 2.45) is 0 Å². The third-order valence-electron chi connectivity index (χ3n) is 3.91. The van der Waals surface area contributed by atoms with E-state index in [1.807, 2.05) is 19.1 Å². The summed E-state index contributed by atoms with van der Waals surface area (Å²) < 4.78 is 0. The molecule has 2 amide bonds. The maximum absolute atomic E-state index is 11.6. The maximum Gasteiger partial charge on any atom is 0.319 e. The standard InChI is InChI=1S/C17H27N3O/c1-2-11-18-17(21)19-16-8-6-15(7-9-16)10-14-20-12-4-3-5-13-20/h6-9H,2-5,10-14H2,1H3,(H2,18,19,21). The van der Waals surface area contributed by atoms with E-state index < -0.39 is 0 Å². The molecular weight excluding hydrogens is 262 g/mol. The Morgan fingerprint density at radius 2 is 1.86 bits per heavy atom. The van der Waals surface area contributed by atoms with Crippen LogP contribution in [0.5, 0.6) is 0 Å². The Kier molecular flexibility index (Phi) is 6.54. The fourth-order valence-corrected chi connectivity index (χ4v) is 2.64. The summed E-state index contributed by atoms with van der Waals surface area (Å²) in [7, 11) is 0. The van der Waals surface area contributed by atoms with E-state index >= 15 is 0 Å². The Labute approximate surface area is 127 Å². The van der Waals surface area contributed by atoms with Crippen LogP contribution in [0.1, 0.15) is 38.2 Å². The molecule has 4 heteroatoms. The van der Waals surface area contributed by atoms with Crippen LogP contribution in [-0.4, -0.2) is 37.1 Å². The summed E-state index contributed by atoms with van der Waals surface area (Å²) in [6, 6.07) is 8.06. The minimum atomic E-state index is -0.127. The van der Waals surface area contributed by atoms with Gasteiger partial charge in [0.05, 0.1) is 0 Å². The number of hydrogen-bond acceptors (Lipinski definition) is 2. The van der Waals surface area contributed by atoms with Crippen LogP contribution in [0.15, 0.2) is 24.3 Å². The van der Waals surface area contributed by atoms with E-state index in [1.165, 1.54) is 37.9 Å². The highest BCUT2D eigenvalue weighted by atomic mass is 16.2. The third kappa shape index (κ3) is 5.76. The van der Waals surface area contributed by atoms with Crippen molar-refractivity contribution in [3.8, 4) is 0 Å². The number of carbonyl (C=O) groups is 1. The highest BCUT2D eigenvalue weighted by Gasteiger charge is 2.09. The fraction of sp³-hybridized carbons (Fsp3) is 0.588. The van der Waals surface area contributed by atoms with Crippen molar-refractivity contribution >= 4 is 11.7 Å². The number of carbonyl (C=O) groups excluding carboxylic acids is 1. The van der Waals surface area contributed by atoms with Gasteiger partial charge in [0.1, 0.15) is 0 Å². The van der Waals surface area contributed by atoms with E-state index in [-0.39, 0.29) is 6.03 Å². The van der Waals surface area contributed by atoms with Crippen molar-refractivity contribution in [2.45, 2.75) is 39.0 Å². The summed E-state index contributed by atoms with van der Waals surface area (Å²) in [4.78, 5) is 14.1. The average Bonchev–Trinajstić information content (AvgIpc) is 2.53. The molecule has 1 aliphatic rings.